The molecule has 2 aromatic rings. The fourth-order valence-corrected chi connectivity index (χ4v) is 2.72. The second kappa shape index (κ2) is 4.60. The van der Waals surface area contributed by atoms with E-state index in [4.69, 9.17) is 11.6 Å². The quantitative estimate of drug-likeness (QED) is 0.811. The van der Waals surface area contributed by atoms with Gasteiger partial charge in [0, 0.05) is 10.9 Å². The van der Waals surface area contributed by atoms with Crippen molar-refractivity contribution in [2.45, 2.75) is 12.0 Å². The zero-order valence-corrected chi connectivity index (χ0v) is 10.5. The SMILES string of the molecule is OC1c2ccccc2C=CC1c1ccccc1Cl. The first-order chi connectivity index (χ1) is 8.77. The lowest BCUT2D eigenvalue weighted by Gasteiger charge is -2.26. The summed E-state index contributed by atoms with van der Waals surface area (Å²) in [5.41, 5.74) is 3.01. The molecule has 0 fully saturated rings. The Morgan fingerprint density at radius 2 is 1.56 bits per heavy atom. The summed E-state index contributed by atoms with van der Waals surface area (Å²) in [4.78, 5) is 0. The lowest BCUT2D eigenvalue weighted by atomic mass is 9.83. The van der Waals surface area contributed by atoms with E-state index in [-0.39, 0.29) is 5.92 Å². The van der Waals surface area contributed by atoms with Crippen molar-refractivity contribution in [1.82, 2.24) is 0 Å². The summed E-state index contributed by atoms with van der Waals surface area (Å²) in [6, 6.07) is 15.6. The first-order valence-electron chi connectivity index (χ1n) is 5.97. The second-order valence-corrected chi connectivity index (χ2v) is 4.89. The lowest BCUT2D eigenvalue weighted by molar-refractivity contribution is 0.160. The van der Waals surface area contributed by atoms with Gasteiger partial charge in [0.25, 0.3) is 0 Å². The van der Waals surface area contributed by atoms with Gasteiger partial charge in [-0.3, -0.25) is 0 Å². The summed E-state index contributed by atoms with van der Waals surface area (Å²) < 4.78 is 0. The molecule has 90 valence electrons. The van der Waals surface area contributed by atoms with Crippen LogP contribution in [-0.2, 0) is 0 Å². The Kier molecular flexibility index (Phi) is 2.94. The van der Waals surface area contributed by atoms with Crippen LogP contribution in [0.3, 0.4) is 0 Å². The monoisotopic (exact) mass is 256 g/mol. The van der Waals surface area contributed by atoms with Crippen LogP contribution in [-0.4, -0.2) is 5.11 Å². The van der Waals surface area contributed by atoms with Crippen molar-refractivity contribution in [3.05, 3.63) is 76.3 Å². The normalized spacial score (nSPS) is 21.7. The number of hydrogen-bond donors (Lipinski definition) is 1. The Morgan fingerprint density at radius 3 is 2.33 bits per heavy atom. The maximum Gasteiger partial charge on any atom is 0.0899 e. The molecule has 0 radical (unpaired) electrons. The van der Waals surface area contributed by atoms with Gasteiger partial charge in [-0.05, 0) is 22.8 Å². The fraction of sp³-hybridized carbons (Fsp3) is 0.125. The number of benzene rings is 2. The Bertz CT molecular complexity index is 604. The predicted molar refractivity (Wildman–Crippen MR) is 74.6 cm³/mol. The molecule has 0 amide bonds. The van der Waals surface area contributed by atoms with E-state index in [1.807, 2.05) is 54.6 Å². The summed E-state index contributed by atoms with van der Waals surface area (Å²) in [5, 5.41) is 11.2. The number of fused-ring (bicyclic) bond motifs is 1. The fourth-order valence-electron chi connectivity index (χ4n) is 2.46. The second-order valence-electron chi connectivity index (χ2n) is 4.48. The number of halogens is 1. The summed E-state index contributed by atoms with van der Waals surface area (Å²) in [7, 11) is 0. The highest BCUT2D eigenvalue weighted by atomic mass is 35.5. The van der Waals surface area contributed by atoms with E-state index < -0.39 is 6.10 Å². The average Bonchev–Trinajstić information content (AvgIpc) is 2.41. The van der Waals surface area contributed by atoms with Crippen LogP contribution in [0.15, 0.2) is 54.6 Å². The third-order valence-electron chi connectivity index (χ3n) is 3.40. The molecule has 0 spiro atoms. The van der Waals surface area contributed by atoms with Crippen LogP contribution >= 0.6 is 11.6 Å². The van der Waals surface area contributed by atoms with Gasteiger partial charge in [0.2, 0.25) is 0 Å². The third kappa shape index (κ3) is 1.86. The van der Waals surface area contributed by atoms with Gasteiger partial charge in [0.1, 0.15) is 0 Å². The molecule has 1 nitrogen and oxygen atoms in total. The van der Waals surface area contributed by atoms with Gasteiger partial charge in [0.15, 0.2) is 0 Å². The molecule has 3 rings (SSSR count). The molecular formula is C16H13ClO. The minimum absolute atomic E-state index is 0.0754. The highest BCUT2D eigenvalue weighted by Crippen LogP contribution is 2.40. The summed E-state index contributed by atoms with van der Waals surface area (Å²) in [5.74, 6) is -0.0754. The number of rotatable bonds is 1. The molecule has 0 saturated carbocycles. The van der Waals surface area contributed by atoms with E-state index >= 15 is 0 Å². The summed E-state index contributed by atoms with van der Waals surface area (Å²) in [6.45, 7) is 0. The molecule has 0 aromatic heterocycles. The maximum atomic E-state index is 10.5. The van der Waals surface area contributed by atoms with Crippen molar-refractivity contribution >= 4 is 17.7 Å². The van der Waals surface area contributed by atoms with Gasteiger partial charge >= 0.3 is 0 Å². The van der Waals surface area contributed by atoms with E-state index in [1.165, 1.54) is 0 Å². The molecule has 18 heavy (non-hydrogen) atoms. The number of aliphatic hydroxyl groups is 1. The zero-order valence-electron chi connectivity index (χ0n) is 9.75. The number of aliphatic hydroxyl groups excluding tert-OH is 1. The average molecular weight is 257 g/mol. The van der Waals surface area contributed by atoms with Gasteiger partial charge in [-0.2, -0.15) is 0 Å². The van der Waals surface area contributed by atoms with Crippen LogP contribution in [0.1, 0.15) is 28.7 Å². The molecule has 0 heterocycles. The largest absolute Gasteiger partial charge is 0.387 e. The van der Waals surface area contributed by atoms with Crippen LogP contribution in [0.4, 0.5) is 0 Å². The first kappa shape index (κ1) is 11.5. The van der Waals surface area contributed by atoms with Crippen molar-refractivity contribution in [2.24, 2.45) is 0 Å². The zero-order chi connectivity index (χ0) is 12.5. The Morgan fingerprint density at radius 1 is 0.889 bits per heavy atom. The molecule has 0 bridgehead atoms. The highest BCUT2D eigenvalue weighted by Gasteiger charge is 2.26. The van der Waals surface area contributed by atoms with Crippen molar-refractivity contribution in [3.8, 4) is 0 Å². The first-order valence-corrected chi connectivity index (χ1v) is 6.35. The number of hydrogen-bond acceptors (Lipinski definition) is 1. The predicted octanol–water partition coefficient (Wildman–Crippen LogP) is 4.18. The molecule has 1 N–H and O–H groups in total. The van der Waals surface area contributed by atoms with Gasteiger partial charge in [-0.1, -0.05) is 66.2 Å². The standard InChI is InChI=1S/C16H13ClO/c17-15-8-4-3-7-13(15)14-10-9-11-5-1-2-6-12(11)16(14)18/h1-10,14,16,18H. The van der Waals surface area contributed by atoms with Gasteiger partial charge in [0.05, 0.1) is 6.10 Å². The van der Waals surface area contributed by atoms with Crippen LogP contribution in [0.2, 0.25) is 5.02 Å². The molecule has 2 atom stereocenters. The van der Waals surface area contributed by atoms with E-state index in [0.29, 0.717) is 5.02 Å². The molecule has 2 unspecified atom stereocenters. The van der Waals surface area contributed by atoms with Gasteiger partial charge < -0.3 is 5.11 Å². The van der Waals surface area contributed by atoms with Crippen molar-refractivity contribution in [3.63, 3.8) is 0 Å². The Balaban J connectivity index is 2.06. The molecular weight excluding hydrogens is 244 g/mol. The highest BCUT2D eigenvalue weighted by molar-refractivity contribution is 6.31. The molecule has 1 aliphatic rings. The van der Waals surface area contributed by atoms with Gasteiger partial charge in [-0.15, -0.1) is 0 Å². The van der Waals surface area contributed by atoms with Crippen molar-refractivity contribution < 1.29 is 5.11 Å². The minimum Gasteiger partial charge on any atom is -0.387 e. The Labute approximate surface area is 111 Å². The van der Waals surface area contributed by atoms with Crippen LogP contribution in [0.25, 0.3) is 6.08 Å². The topological polar surface area (TPSA) is 20.2 Å². The van der Waals surface area contributed by atoms with Crippen LogP contribution in [0.5, 0.6) is 0 Å². The van der Waals surface area contributed by atoms with E-state index in [9.17, 15) is 5.11 Å². The molecule has 0 saturated heterocycles. The van der Waals surface area contributed by atoms with E-state index in [2.05, 4.69) is 6.08 Å². The maximum absolute atomic E-state index is 10.5. The Hall–Kier alpha value is -1.57. The minimum atomic E-state index is -0.536. The van der Waals surface area contributed by atoms with E-state index in [0.717, 1.165) is 16.7 Å². The van der Waals surface area contributed by atoms with Crippen molar-refractivity contribution in [2.75, 3.05) is 0 Å². The smallest absolute Gasteiger partial charge is 0.0899 e. The third-order valence-corrected chi connectivity index (χ3v) is 3.75. The van der Waals surface area contributed by atoms with Crippen LogP contribution < -0.4 is 0 Å². The molecule has 1 aliphatic carbocycles. The summed E-state index contributed by atoms with van der Waals surface area (Å²) >= 11 is 6.20. The van der Waals surface area contributed by atoms with Gasteiger partial charge in [-0.25, -0.2) is 0 Å². The lowest BCUT2D eigenvalue weighted by Crippen LogP contribution is -2.13. The summed E-state index contributed by atoms with van der Waals surface area (Å²) in [6.07, 6.45) is 3.54. The molecule has 2 aromatic carbocycles. The molecule has 2 heteroatoms. The van der Waals surface area contributed by atoms with E-state index in [1.54, 1.807) is 0 Å². The molecule has 0 aliphatic heterocycles. The van der Waals surface area contributed by atoms with Crippen molar-refractivity contribution in [1.29, 1.82) is 0 Å². The van der Waals surface area contributed by atoms with Crippen LogP contribution in [0, 0.1) is 0 Å².